The van der Waals surface area contributed by atoms with Gasteiger partial charge in [-0.15, -0.1) is 0 Å². The van der Waals surface area contributed by atoms with Gasteiger partial charge in [0.25, 0.3) is 0 Å². The van der Waals surface area contributed by atoms with Crippen LogP contribution in [0, 0.1) is 0 Å². The highest BCUT2D eigenvalue weighted by Gasteiger charge is 2.32. The van der Waals surface area contributed by atoms with E-state index in [0.717, 1.165) is 31.0 Å². The van der Waals surface area contributed by atoms with E-state index in [4.69, 9.17) is 0 Å². The Labute approximate surface area is 96.0 Å². The van der Waals surface area contributed by atoms with Crippen molar-refractivity contribution >= 4 is 17.7 Å². The van der Waals surface area contributed by atoms with Crippen LogP contribution in [0.15, 0.2) is 0 Å². The Morgan fingerprint density at radius 1 is 1.60 bits per heavy atom. The summed E-state index contributed by atoms with van der Waals surface area (Å²) >= 11 is 1.89. The molecule has 1 N–H and O–H groups in total. The molecule has 0 aromatic carbocycles. The van der Waals surface area contributed by atoms with Crippen LogP contribution in [0.3, 0.4) is 0 Å². The van der Waals surface area contributed by atoms with E-state index < -0.39 is 0 Å². The van der Waals surface area contributed by atoms with Crippen LogP contribution in [0.4, 0.5) is 0 Å². The second kappa shape index (κ2) is 5.21. The molecule has 2 fully saturated rings. The fraction of sp³-hybridized carbons (Fsp3) is 0.909. The maximum Gasteiger partial charge on any atom is 0.240 e. The summed E-state index contributed by atoms with van der Waals surface area (Å²) in [6.07, 6.45) is 3.48. The van der Waals surface area contributed by atoms with Gasteiger partial charge >= 0.3 is 0 Å². The summed E-state index contributed by atoms with van der Waals surface area (Å²) in [5.41, 5.74) is 0. The highest BCUT2D eigenvalue weighted by molar-refractivity contribution is 7.99. The van der Waals surface area contributed by atoms with Gasteiger partial charge in [0.05, 0.1) is 6.04 Å². The minimum Gasteiger partial charge on any atom is -0.338 e. The van der Waals surface area contributed by atoms with Gasteiger partial charge in [-0.3, -0.25) is 4.79 Å². The zero-order chi connectivity index (χ0) is 10.7. The first-order chi connectivity index (χ1) is 7.33. The predicted octanol–water partition coefficient (Wildman–Crippen LogP) is 1.09. The first-order valence-electron chi connectivity index (χ1n) is 5.94. The van der Waals surface area contributed by atoms with Gasteiger partial charge in [-0.1, -0.05) is 6.92 Å². The number of rotatable bonds is 2. The molecule has 2 saturated heterocycles. The van der Waals surface area contributed by atoms with E-state index in [-0.39, 0.29) is 6.04 Å². The molecular formula is C11H20N2OS. The van der Waals surface area contributed by atoms with E-state index in [1.165, 1.54) is 12.8 Å². The Bertz CT molecular complexity index is 229. The number of hydrogen-bond donors (Lipinski definition) is 1. The Morgan fingerprint density at radius 3 is 3.13 bits per heavy atom. The van der Waals surface area contributed by atoms with E-state index in [9.17, 15) is 4.79 Å². The molecule has 0 spiro atoms. The molecule has 2 heterocycles. The second-order valence-corrected chi connectivity index (χ2v) is 5.47. The Balaban J connectivity index is 1.93. The molecule has 0 aromatic heterocycles. The normalized spacial score (nSPS) is 31.9. The molecule has 15 heavy (non-hydrogen) atoms. The Hall–Kier alpha value is -0.220. The van der Waals surface area contributed by atoms with Gasteiger partial charge in [0, 0.05) is 30.6 Å². The molecule has 0 bridgehead atoms. The average Bonchev–Trinajstić information content (AvgIpc) is 2.77. The molecule has 2 aliphatic rings. The van der Waals surface area contributed by atoms with Crippen LogP contribution >= 0.6 is 11.8 Å². The van der Waals surface area contributed by atoms with Gasteiger partial charge in [-0.05, 0) is 19.3 Å². The minimum absolute atomic E-state index is 0.0795. The smallest absolute Gasteiger partial charge is 0.240 e. The third-order valence-corrected chi connectivity index (χ3v) is 4.41. The SMILES string of the molecule is CCC1CCCN1C(=O)C1CSCCN1. The summed E-state index contributed by atoms with van der Waals surface area (Å²) in [6.45, 7) is 4.13. The number of likely N-dealkylation sites (tertiary alicyclic amines) is 1. The lowest BCUT2D eigenvalue weighted by Gasteiger charge is -2.30. The van der Waals surface area contributed by atoms with E-state index in [1.54, 1.807) is 0 Å². The highest BCUT2D eigenvalue weighted by Crippen LogP contribution is 2.22. The lowest BCUT2D eigenvalue weighted by Crippen LogP contribution is -2.51. The van der Waals surface area contributed by atoms with Crippen molar-refractivity contribution in [3.63, 3.8) is 0 Å². The molecule has 1 amide bonds. The van der Waals surface area contributed by atoms with Crippen LogP contribution in [0.2, 0.25) is 0 Å². The zero-order valence-corrected chi connectivity index (χ0v) is 10.2. The third-order valence-electron chi connectivity index (χ3n) is 3.35. The molecule has 86 valence electrons. The van der Waals surface area contributed by atoms with Gasteiger partial charge in [0.1, 0.15) is 0 Å². The van der Waals surface area contributed by atoms with Crippen molar-refractivity contribution in [1.82, 2.24) is 10.2 Å². The molecule has 2 unspecified atom stereocenters. The second-order valence-electron chi connectivity index (χ2n) is 4.32. The number of carbonyl (C=O) groups excluding carboxylic acids is 1. The molecule has 0 aliphatic carbocycles. The maximum atomic E-state index is 12.2. The van der Waals surface area contributed by atoms with Gasteiger partial charge in [0.15, 0.2) is 0 Å². The first kappa shape index (κ1) is 11.3. The molecular weight excluding hydrogens is 208 g/mol. The minimum atomic E-state index is 0.0795. The molecule has 2 aliphatic heterocycles. The Kier molecular flexibility index (Phi) is 3.92. The van der Waals surface area contributed by atoms with Gasteiger partial charge in [0.2, 0.25) is 5.91 Å². The standard InChI is InChI=1S/C11H20N2OS/c1-2-9-4-3-6-13(9)11(14)10-8-15-7-5-12-10/h9-10,12H,2-8H2,1H3. The quantitative estimate of drug-likeness (QED) is 0.768. The summed E-state index contributed by atoms with van der Waals surface area (Å²) in [5.74, 6) is 2.43. The van der Waals surface area contributed by atoms with Gasteiger partial charge < -0.3 is 10.2 Å². The van der Waals surface area contributed by atoms with E-state index in [1.807, 2.05) is 11.8 Å². The van der Waals surface area contributed by atoms with Crippen molar-refractivity contribution in [2.45, 2.75) is 38.3 Å². The zero-order valence-electron chi connectivity index (χ0n) is 9.37. The topological polar surface area (TPSA) is 32.3 Å². The number of nitrogens with one attached hydrogen (secondary N) is 1. The number of thioether (sulfide) groups is 1. The van der Waals surface area contributed by atoms with Crippen LogP contribution in [0.5, 0.6) is 0 Å². The number of amides is 1. The van der Waals surface area contributed by atoms with Gasteiger partial charge in [-0.2, -0.15) is 11.8 Å². The molecule has 2 rings (SSSR count). The summed E-state index contributed by atoms with van der Waals surface area (Å²) in [4.78, 5) is 14.3. The predicted molar refractivity (Wildman–Crippen MR) is 64.1 cm³/mol. The number of carbonyl (C=O) groups is 1. The van der Waals surface area contributed by atoms with Crippen molar-refractivity contribution < 1.29 is 4.79 Å². The summed E-state index contributed by atoms with van der Waals surface area (Å²) in [5, 5.41) is 3.33. The van der Waals surface area contributed by atoms with E-state index in [2.05, 4.69) is 17.1 Å². The van der Waals surface area contributed by atoms with Crippen molar-refractivity contribution in [3.05, 3.63) is 0 Å². The summed E-state index contributed by atoms with van der Waals surface area (Å²) in [7, 11) is 0. The van der Waals surface area contributed by atoms with Crippen molar-refractivity contribution in [2.24, 2.45) is 0 Å². The van der Waals surface area contributed by atoms with Crippen LogP contribution in [0.25, 0.3) is 0 Å². The van der Waals surface area contributed by atoms with E-state index in [0.29, 0.717) is 11.9 Å². The largest absolute Gasteiger partial charge is 0.338 e. The molecule has 0 radical (unpaired) electrons. The summed E-state index contributed by atoms with van der Waals surface area (Å²) in [6, 6.07) is 0.585. The lowest BCUT2D eigenvalue weighted by atomic mass is 10.1. The van der Waals surface area contributed by atoms with E-state index >= 15 is 0 Å². The van der Waals surface area contributed by atoms with Crippen LogP contribution < -0.4 is 5.32 Å². The summed E-state index contributed by atoms with van der Waals surface area (Å²) < 4.78 is 0. The van der Waals surface area contributed by atoms with Crippen LogP contribution in [-0.4, -0.2) is 47.5 Å². The first-order valence-corrected chi connectivity index (χ1v) is 7.10. The average molecular weight is 228 g/mol. The van der Waals surface area contributed by atoms with Crippen LogP contribution in [-0.2, 0) is 4.79 Å². The van der Waals surface area contributed by atoms with Crippen molar-refractivity contribution in [1.29, 1.82) is 0 Å². The lowest BCUT2D eigenvalue weighted by molar-refractivity contribution is -0.133. The number of hydrogen-bond acceptors (Lipinski definition) is 3. The molecule has 2 atom stereocenters. The maximum absolute atomic E-state index is 12.2. The van der Waals surface area contributed by atoms with Gasteiger partial charge in [-0.25, -0.2) is 0 Å². The van der Waals surface area contributed by atoms with Crippen molar-refractivity contribution in [2.75, 3.05) is 24.6 Å². The Morgan fingerprint density at radius 2 is 2.47 bits per heavy atom. The van der Waals surface area contributed by atoms with Crippen molar-refractivity contribution in [3.8, 4) is 0 Å². The number of nitrogens with zero attached hydrogens (tertiary/aromatic N) is 1. The molecule has 0 saturated carbocycles. The highest BCUT2D eigenvalue weighted by atomic mass is 32.2. The third kappa shape index (κ3) is 2.48. The monoisotopic (exact) mass is 228 g/mol. The molecule has 3 nitrogen and oxygen atoms in total. The fourth-order valence-corrected chi connectivity index (χ4v) is 3.40. The van der Waals surface area contributed by atoms with Crippen LogP contribution in [0.1, 0.15) is 26.2 Å². The molecule has 0 aromatic rings. The molecule has 4 heteroatoms. The fourth-order valence-electron chi connectivity index (χ4n) is 2.47.